The molecule has 1 aliphatic carbocycles. The first-order chi connectivity index (χ1) is 6.18. The fourth-order valence-corrected chi connectivity index (χ4v) is 1.89. The lowest BCUT2D eigenvalue weighted by Crippen LogP contribution is -2.07. The number of carbonyl (C=O) groups is 1. The molecule has 0 aliphatic heterocycles. The lowest BCUT2D eigenvalue weighted by molar-refractivity contribution is -0.138. The van der Waals surface area contributed by atoms with Crippen LogP contribution in [0.5, 0.6) is 0 Å². The Morgan fingerprint density at radius 2 is 2.31 bits per heavy atom. The summed E-state index contributed by atoms with van der Waals surface area (Å²) in [4.78, 5) is 10.8. The van der Waals surface area contributed by atoms with E-state index in [-0.39, 0.29) is 5.92 Å². The van der Waals surface area contributed by atoms with Crippen LogP contribution in [0.1, 0.15) is 23.5 Å². The Labute approximate surface area is 76.2 Å². The summed E-state index contributed by atoms with van der Waals surface area (Å²) in [5, 5.41) is 8.90. The Kier molecular flexibility index (Phi) is 1.72. The average Bonchev–Trinajstić information content (AvgIpc) is 2.46. The van der Waals surface area contributed by atoms with Crippen LogP contribution in [-0.4, -0.2) is 11.1 Å². The zero-order valence-corrected chi connectivity index (χ0v) is 7.16. The van der Waals surface area contributed by atoms with E-state index in [2.05, 4.69) is 0 Å². The topological polar surface area (TPSA) is 63.3 Å². The molecule has 0 heterocycles. The molecule has 0 unspecified atom stereocenters. The number of fused-ring (bicyclic) bond motifs is 1. The molecule has 1 aromatic carbocycles. The van der Waals surface area contributed by atoms with Crippen LogP contribution in [0.15, 0.2) is 18.2 Å². The van der Waals surface area contributed by atoms with Crippen LogP contribution in [-0.2, 0) is 11.2 Å². The van der Waals surface area contributed by atoms with Gasteiger partial charge in [0, 0.05) is 5.69 Å². The van der Waals surface area contributed by atoms with E-state index in [0.717, 1.165) is 17.5 Å². The number of rotatable bonds is 1. The number of aryl methyl sites for hydroxylation is 1. The van der Waals surface area contributed by atoms with Gasteiger partial charge in [0.25, 0.3) is 0 Å². The van der Waals surface area contributed by atoms with Crippen LogP contribution >= 0.6 is 0 Å². The number of hydrogen-bond acceptors (Lipinski definition) is 2. The first kappa shape index (κ1) is 8.10. The van der Waals surface area contributed by atoms with Gasteiger partial charge in [-0.3, -0.25) is 4.79 Å². The molecule has 2 rings (SSSR count). The summed E-state index contributed by atoms with van der Waals surface area (Å²) in [7, 11) is 0. The summed E-state index contributed by atoms with van der Waals surface area (Å²) < 4.78 is 0. The third-order valence-corrected chi connectivity index (χ3v) is 2.54. The summed E-state index contributed by atoms with van der Waals surface area (Å²) in [6.07, 6.45) is 1.53. The zero-order valence-electron chi connectivity index (χ0n) is 7.16. The van der Waals surface area contributed by atoms with Crippen molar-refractivity contribution in [1.29, 1.82) is 0 Å². The van der Waals surface area contributed by atoms with Gasteiger partial charge in [-0.25, -0.2) is 0 Å². The van der Waals surface area contributed by atoms with Crippen LogP contribution in [0.2, 0.25) is 0 Å². The van der Waals surface area contributed by atoms with E-state index in [1.54, 1.807) is 6.07 Å². The van der Waals surface area contributed by atoms with Crippen molar-refractivity contribution in [2.75, 3.05) is 5.73 Å². The van der Waals surface area contributed by atoms with Crippen LogP contribution in [0, 0.1) is 0 Å². The molecule has 0 radical (unpaired) electrons. The summed E-state index contributed by atoms with van der Waals surface area (Å²) in [6, 6.07) is 5.47. The third-order valence-electron chi connectivity index (χ3n) is 2.54. The molecule has 3 N–H and O–H groups in total. The minimum atomic E-state index is -0.733. The predicted molar refractivity (Wildman–Crippen MR) is 49.6 cm³/mol. The van der Waals surface area contributed by atoms with Crippen LogP contribution in [0.4, 0.5) is 5.69 Å². The third kappa shape index (κ3) is 1.26. The molecule has 3 heteroatoms. The fraction of sp³-hybridized carbons (Fsp3) is 0.300. The predicted octanol–water partition coefficient (Wildman–Crippen LogP) is 1.38. The largest absolute Gasteiger partial charge is 0.481 e. The Balaban J connectivity index is 2.44. The van der Waals surface area contributed by atoms with Gasteiger partial charge in [-0.2, -0.15) is 0 Å². The first-order valence-electron chi connectivity index (χ1n) is 4.29. The molecule has 0 saturated carbocycles. The van der Waals surface area contributed by atoms with Crippen molar-refractivity contribution < 1.29 is 9.90 Å². The van der Waals surface area contributed by atoms with Crippen molar-refractivity contribution in [3.63, 3.8) is 0 Å². The van der Waals surface area contributed by atoms with E-state index in [4.69, 9.17) is 10.8 Å². The van der Waals surface area contributed by atoms with Crippen LogP contribution < -0.4 is 5.73 Å². The Bertz CT molecular complexity index is 360. The van der Waals surface area contributed by atoms with Gasteiger partial charge in [-0.1, -0.05) is 6.07 Å². The maximum Gasteiger partial charge on any atom is 0.310 e. The number of nitrogen functional groups attached to an aromatic ring is 1. The van der Waals surface area contributed by atoms with Crippen molar-refractivity contribution in [2.24, 2.45) is 0 Å². The normalized spacial score (nSPS) is 19.8. The highest BCUT2D eigenvalue weighted by Gasteiger charge is 2.27. The molecule has 1 atom stereocenters. The monoisotopic (exact) mass is 177 g/mol. The van der Waals surface area contributed by atoms with Gasteiger partial charge >= 0.3 is 5.97 Å². The molecular weight excluding hydrogens is 166 g/mol. The van der Waals surface area contributed by atoms with Crippen molar-refractivity contribution in [1.82, 2.24) is 0 Å². The zero-order chi connectivity index (χ0) is 9.42. The van der Waals surface area contributed by atoms with E-state index in [9.17, 15) is 4.79 Å². The number of aliphatic carboxylic acids is 1. The second-order valence-electron chi connectivity index (χ2n) is 3.39. The number of carboxylic acids is 1. The Hall–Kier alpha value is -1.51. The van der Waals surface area contributed by atoms with Crippen molar-refractivity contribution >= 4 is 11.7 Å². The summed E-state index contributed by atoms with van der Waals surface area (Å²) >= 11 is 0. The smallest absolute Gasteiger partial charge is 0.310 e. The number of anilines is 1. The van der Waals surface area contributed by atoms with E-state index in [1.165, 1.54) is 0 Å². The van der Waals surface area contributed by atoms with Gasteiger partial charge in [0.15, 0.2) is 0 Å². The molecule has 68 valence electrons. The molecule has 0 fully saturated rings. The molecule has 0 bridgehead atoms. The van der Waals surface area contributed by atoms with Gasteiger partial charge in [0.2, 0.25) is 0 Å². The number of nitrogens with two attached hydrogens (primary N) is 1. The molecule has 0 saturated heterocycles. The number of benzene rings is 1. The van der Waals surface area contributed by atoms with Crippen molar-refractivity contribution in [2.45, 2.75) is 18.8 Å². The molecule has 1 aliphatic rings. The lowest BCUT2D eigenvalue weighted by Gasteiger charge is -2.05. The lowest BCUT2D eigenvalue weighted by atomic mass is 10.0. The summed E-state index contributed by atoms with van der Waals surface area (Å²) in [6.45, 7) is 0. The second-order valence-corrected chi connectivity index (χ2v) is 3.39. The standard InChI is InChI=1S/C10H11NO2/c11-7-2-4-8-6(5-7)1-3-9(8)10(12)13/h2,4-5,9H,1,3,11H2,(H,12,13)/t9-/m0/s1. The van der Waals surface area contributed by atoms with E-state index < -0.39 is 5.97 Å². The highest BCUT2D eigenvalue weighted by molar-refractivity contribution is 5.78. The average molecular weight is 177 g/mol. The second kappa shape index (κ2) is 2.76. The van der Waals surface area contributed by atoms with Crippen LogP contribution in [0.25, 0.3) is 0 Å². The van der Waals surface area contributed by atoms with E-state index in [1.807, 2.05) is 12.1 Å². The molecule has 1 aromatic rings. The summed E-state index contributed by atoms with van der Waals surface area (Å²) in [5.41, 5.74) is 8.34. The maximum absolute atomic E-state index is 10.8. The molecule has 13 heavy (non-hydrogen) atoms. The molecule has 0 amide bonds. The number of hydrogen-bond donors (Lipinski definition) is 2. The van der Waals surface area contributed by atoms with Crippen LogP contribution in [0.3, 0.4) is 0 Å². The Morgan fingerprint density at radius 3 is 3.00 bits per heavy atom. The Morgan fingerprint density at radius 1 is 1.54 bits per heavy atom. The van der Waals surface area contributed by atoms with Crippen molar-refractivity contribution in [3.8, 4) is 0 Å². The molecule has 0 spiro atoms. The van der Waals surface area contributed by atoms with E-state index >= 15 is 0 Å². The van der Waals surface area contributed by atoms with Gasteiger partial charge in [-0.15, -0.1) is 0 Å². The minimum Gasteiger partial charge on any atom is -0.481 e. The van der Waals surface area contributed by atoms with Gasteiger partial charge in [0.05, 0.1) is 5.92 Å². The number of carboxylic acid groups (broad SMARTS) is 1. The van der Waals surface area contributed by atoms with Gasteiger partial charge in [-0.05, 0) is 36.1 Å². The highest BCUT2D eigenvalue weighted by atomic mass is 16.4. The highest BCUT2D eigenvalue weighted by Crippen LogP contribution is 2.34. The molecular formula is C10H11NO2. The quantitative estimate of drug-likeness (QED) is 0.637. The first-order valence-corrected chi connectivity index (χ1v) is 4.29. The van der Waals surface area contributed by atoms with Gasteiger partial charge in [0.1, 0.15) is 0 Å². The summed E-state index contributed by atoms with van der Waals surface area (Å²) in [5.74, 6) is -1.06. The van der Waals surface area contributed by atoms with E-state index in [0.29, 0.717) is 12.1 Å². The maximum atomic E-state index is 10.8. The minimum absolute atomic E-state index is 0.324. The van der Waals surface area contributed by atoms with Gasteiger partial charge < -0.3 is 10.8 Å². The SMILES string of the molecule is Nc1ccc2c(c1)CC[C@@H]2C(=O)O. The van der Waals surface area contributed by atoms with Crippen molar-refractivity contribution in [3.05, 3.63) is 29.3 Å². The molecule has 3 nitrogen and oxygen atoms in total. The fourth-order valence-electron chi connectivity index (χ4n) is 1.89. The molecule has 0 aromatic heterocycles.